The van der Waals surface area contributed by atoms with Crippen LogP contribution in [0.3, 0.4) is 0 Å². The maximum atomic E-state index is 12.6. The Hall–Kier alpha value is -1.81. The third-order valence-corrected chi connectivity index (χ3v) is 9.75. The second-order valence-corrected chi connectivity index (χ2v) is 15.5. The molecule has 0 bridgehead atoms. The molecule has 310 valence electrons. The summed E-state index contributed by atoms with van der Waals surface area (Å²) >= 11 is 0. The highest BCUT2D eigenvalue weighted by Crippen LogP contribution is 2.43. The van der Waals surface area contributed by atoms with E-state index in [2.05, 4.69) is 54.8 Å². The molecule has 53 heavy (non-hydrogen) atoms. The van der Waals surface area contributed by atoms with E-state index >= 15 is 0 Å². The van der Waals surface area contributed by atoms with Gasteiger partial charge in [-0.1, -0.05) is 153 Å². The van der Waals surface area contributed by atoms with Gasteiger partial charge in [-0.05, 0) is 51.4 Å². The fourth-order valence-electron chi connectivity index (χ4n) is 5.53. The molecule has 3 N–H and O–H groups in total. The topological polar surface area (TPSA) is 149 Å². The Labute approximate surface area is 322 Å². The Bertz CT molecular complexity index is 983. The first-order valence-corrected chi connectivity index (χ1v) is 22.4. The Morgan fingerprint density at radius 3 is 1.51 bits per heavy atom. The second kappa shape index (κ2) is 38.5. The van der Waals surface area contributed by atoms with E-state index in [1.165, 1.54) is 89.9 Å². The molecule has 10 nitrogen and oxygen atoms in total. The molecule has 0 aromatic heterocycles. The van der Waals surface area contributed by atoms with Crippen molar-refractivity contribution in [2.75, 3.05) is 26.4 Å². The fourth-order valence-corrected chi connectivity index (χ4v) is 6.32. The smallest absolute Gasteiger partial charge is 0.462 e. The van der Waals surface area contributed by atoms with Crippen LogP contribution >= 0.6 is 7.82 Å². The predicted octanol–water partition coefficient (Wildman–Crippen LogP) is 10.8. The molecule has 0 aliphatic rings. The van der Waals surface area contributed by atoms with Crippen molar-refractivity contribution in [1.82, 2.24) is 0 Å². The quantitative estimate of drug-likeness (QED) is 0.0238. The summed E-state index contributed by atoms with van der Waals surface area (Å²) in [7, 11) is -4.62. The van der Waals surface area contributed by atoms with Gasteiger partial charge in [0, 0.05) is 12.8 Å². The van der Waals surface area contributed by atoms with Crippen molar-refractivity contribution in [3.63, 3.8) is 0 Å². The number of allylic oxidation sites excluding steroid dienone is 6. The molecule has 11 heteroatoms. The maximum absolute atomic E-state index is 12.6. The summed E-state index contributed by atoms with van der Waals surface area (Å²) in [6.45, 7) is 2.31. The zero-order chi connectivity index (χ0) is 39.1. The zero-order valence-corrected chi connectivity index (χ0v) is 34.4. The van der Waals surface area contributed by atoms with Crippen LogP contribution in [0.2, 0.25) is 0 Å². The minimum absolute atomic E-state index is 0.179. The van der Waals surface area contributed by atoms with Gasteiger partial charge in [-0.25, -0.2) is 4.57 Å². The van der Waals surface area contributed by atoms with Gasteiger partial charge in [-0.3, -0.25) is 18.6 Å². The normalized spacial score (nSPS) is 14.3. The first kappa shape index (κ1) is 51.2. The van der Waals surface area contributed by atoms with E-state index < -0.39 is 51.8 Å². The van der Waals surface area contributed by atoms with Crippen LogP contribution in [0.15, 0.2) is 36.5 Å². The highest BCUT2D eigenvalue weighted by atomic mass is 31.2. The molecule has 0 saturated heterocycles. The number of aliphatic hydroxyl groups excluding tert-OH is 2. The van der Waals surface area contributed by atoms with E-state index in [1.54, 1.807) is 0 Å². The number of phosphoric ester groups is 1. The summed E-state index contributed by atoms with van der Waals surface area (Å²) in [6, 6.07) is 0. The lowest BCUT2D eigenvalue weighted by Crippen LogP contribution is -2.29. The minimum Gasteiger partial charge on any atom is -0.462 e. The average molecular weight is 773 g/mol. The van der Waals surface area contributed by atoms with Crippen molar-refractivity contribution in [3.05, 3.63) is 36.5 Å². The van der Waals surface area contributed by atoms with Crippen molar-refractivity contribution >= 4 is 19.8 Å². The molecule has 0 aromatic rings. The minimum atomic E-state index is -4.62. The first-order valence-electron chi connectivity index (χ1n) is 20.9. The number of hydrogen-bond acceptors (Lipinski definition) is 9. The average Bonchev–Trinajstić information content (AvgIpc) is 3.14. The number of carbonyl (C=O) groups is 2. The molecule has 0 rings (SSSR count). The van der Waals surface area contributed by atoms with Crippen molar-refractivity contribution in [2.45, 2.75) is 193 Å². The van der Waals surface area contributed by atoms with Crippen LogP contribution in [-0.4, -0.2) is 65.7 Å². The first-order chi connectivity index (χ1) is 25.7. The van der Waals surface area contributed by atoms with Crippen molar-refractivity contribution in [3.8, 4) is 0 Å². The third kappa shape index (κ3) is 38.3. The number of aliphatic hydroxyl groups is 2. The van der Waals surface area contributed by atoms with E-state index in [9.17, 15) is 24.2 Å². The predicted molar refractivity (Wildman–Crippen MR) is 214 cm³/mol. The number of ether oxygens (including phenoxy) is 2. The number of unbranched alkanes of at least 4 members (excludes halogenated alkanes) is 19. The van der Waals surface area contributed by atoms with E-state index in [4.69, 9.17) is 19.1 Å². The van der Waals surface area contributed by atoms with Gasteiger partial charge in [0.05, 0.1) is 19.8 Å². The lowest BCUT2D eigenvalue weighted by atomic mass is 10.0. The van der Waals surface area contributed by atoms with Gasteiger partial charge < -0.3 is 24.6 Å². The van der Waals surface area contributed by atoms with Crippen LogP contribution in [0, 0.1) is 0 Å². The van der Waals surface area contributed by atoms with E-state index in [-0.39, 0.29) is 19.4 Å². The molecule has 0 fully saturated rings. The van der Waals surface area contributed by atoms with Crippen molar-refractivity contribution < 1.29 is 47.8 Å². The highest BCUT2D eigenvalue weighted by Gasteiger charge is 2.27. The molecule has 0 spiro atoms. The monoisotopic (exact) mass is 773 g/mol. The van der Waals surface area contributed by atoms with Gasteiger partial charge in [0.15, 0.2) is 6.10 Å². The molecule has 0 amide bonds. The molecule has 0 radical (unpaired) electrons. The summed E-state index contributed by atoms with van der Waals surface area (Å²) in [5, 5.41) is 18.3. The molecular formula is C42H77O10P. The molecular weight excluding hydrogens is 695 g/mol. The van der Waals surface area contributed by atoms with E-state index in [0.29, 0.717) is 12.8 Å². The van der Waals surface area contributed by atoms with Gasteiger partial charge in [0.2, 0.25) is 0 Å². The zero-order valence-electron chi connectivity index (χ0n) is 33.5. The Balaban J connectivity index is 4.37. The number of esters is 2. The second-order valence-electron chi connectivity index (χ2n) is 14.0. The summed E-state index contributed by atoms with van der Waals surface area (Å²) in [6.07, 6.45) is 38.2. The Morgan fingerprint density at radius 1 is 0.566 bits per heavy atom. The lowest BCUT2D eigenvalue weighted by molar-refractivity contribution is -0.161. The maximum Gasteiger partial charge on any atom is 0.472 e. The Kier molecular flexibility index (Phi) is 37.2. The van der Waals surface area contributed by atoms with Crippen LogP contribution < -0.4 is 0 Å². The largest absolute Gasteiger partial charge is 0.472 e. The van der Waals surface area contributed by atoms with Gasteiger partial charge >= 0.3 is 19.8 Å². The number of carbonyl (C=O) groups excluding carboxylic acids is 2. The third-order valence-electron chi connectivity index (χ3n) is 8.80. The van der Waals surface area contributed by atoms with Gasteiger partial charge in [0.1, 0.15) is 12.7 Å². The standard InChI is InChI=1S/C42H77O10P/c1-3-5-7-9-11-13-15-17-19-21-23-25-27-29-31-33-41(45)49-37-40(38-51-53(47,48)50-36-39(44)35-43)52-42(46)34-32-30-28-26-24-22-20-18-16-14-12-10-8-6-4-2/h11,13,17,19,23,25,39-40,43-44H,3-10,12,14-16,18,20-22,24,26-38H2,1-2H3,(H,47,48). The van der Waals surface area contributed by atoms with Gasteiger partial charge in [-0.15, -0.1) is 0 Å². The summed E-state index contributed by atoms with van der Waals surface area (Å²) < 4.78 is 32.6. The van der Waals surface area contributed by atoms with Crippen molar-refractivity contribution in [2.24, 2.45) is 0 Å². The van der Waals surface area contributed by atoms with Gasteiger partial charge in [0.25, 0.3) is 0 Å². The fraction of sp³-hybridized carbons (Fsp3) is 0.810. The SMILES string of the molecule is CCCCCC=CCC=CCC=CCCCCC(=O)OCC(COP(=O)(O)OCC(O)CO)OC(=O)CCCCCCCCCCCCCCCCC. The van der Waals surface area contributed by atoms with Gasteiger partial charge in [-0.2, -0.15) is 0 Å². The molecule has 0 aliphatic carbocycles. The van der Waals surface area contributed by atoms with E-state index in [1.807, 2.05) is 0 Å². The molecule has 0 saturated carbocycles. The molecule has 3 atom stereocenters. The van der Waals surface area contributed by atoms with Crippen LogP contribution in [0.25, 0.3) is 0 Å². The lowest BCUT2D eigenvalue weighted by Gasteiger charge is -2.20. The van der Waals surface area contributed by atoms with Crippen LogP contribution in [0.1, 0.15) is 181 Å². The van der Waals surface area contributed by atoms with Crippen LogP contribution in [0.5, 0.6) is 0 Å². The summed E-state index contributed by atoms with van der Waals surface area (Å²) in [5.74, 6) is -0.966. The molecule has 3 unspecified atom stereocenters. The molecule has 0 aromatic carbocycles. The highest BCUT2D eigenvalue weighted by molar-refractivity contribution is 7.47. The van der Waals surface area contributed by atoms with Crippen LogP contribution in [-0.2, 0) is 32.7 Å². The van der Waals surface area contributed by atoms with Crippen molar-refractivity contribution in [1.29, 1.82) is 0 Å². The van der Waals surface area contributed by atoms with E-state index in [0.717, 1.165) is 51.4 Å². The summed E-state index contributed by atoms with van der Waals surface area (Å²) in [5.41, 5.74) is 0. The number of hydrogen-bond donors (Lipinski definition) is 3. The van der Waals surface area contributed by atoms with Crippen LogP contribution in [0.4, 0.5) is 0 Å². The number of rotatable bonds is 39. The number of phosphoric acid groups is 1. The molecule has 0 heterocycles. The molecule has 0 aliphatic heterocycles. The summed E-state index contributed by atoms with van der Waals surface area (Å²) in [4.78, 5) is 34.9. The Morgan fingerprint density at radius 2 is 0.981 bits per heavy atom.